The van der Waals surface area contributed by atoms with E-state index in [-0.39, 0.29) is 17.7 Å². The second-order valence-corrected chi connectivity index (χ2v) is 6.58. The lowest BCUT2D eigenvalue weighted by molar-refractivity contribution is 0.242. The molecule has 0 saturated carbocycles. The zero-order valence-electron chi connectivity index (χ0n) is 14.6. The van der Waals surface area contributed by atoms with E-state index in [1.807, 2.05) is 86.9 Å². The Bertz CT molecular complexity index is 908. The lowest BCUT2D eigenvalue weighted by Gasteiger charge is -2.18. The van der Waals surface area contributed by atoms with Crippen LogP contribution in [0.5, 0.6) is 5.75 Å². The molecule has 0 saturated heterocycles. The standard InChI is InChI=1S/C21H23NO2/c1-14(2)22-20-13-18(24-15(3)4)11-10-17(20)12-19(21(22)23)16-8-6-5-7-9-16/h5-15H,1-4H3. The number of hydrogen-bond acceptors (Lipinski definition) is 2. The highest BCUT2D eigenvalue weighted by atomic mass is 16.5. The molecule has 0 bridgehead atoms. The fourth-order valence-electron chi connectivity index (χ4n) is 2.99. The summed E-state index contributed by atoms with van der Waals surface area (Å²) in [7, 11) is 0. The molecule has 3 heteroatoms. The average molecular weight is 321 g/mol. The molecule has 0 unspecified atom stereocenters. The maximum atomic E-state index is 13.1. The second kappa shape index (κ2) is 6.52. The Hall–Kier alpha value is -2.55. The van der Waals surface area contributed by atoms with Gasteiger partial charge in [-0.15, -0.1) is 0 Å². The van der Waals surface area contributed by atoms with Crippen LogP contribution >= 0.6 is 0 Å². The molecule has 1 aromatic heterocycles. The largest absolute Gasteiger partial charge is 0.491 e. The summed E-state index contributed by atoms with van der Waals surface area (Å²) in [6.07, 6.45) is 0.102. The Balaban J connectivity index is 2.28. The highest BCUT2D eigenvalue weighted by Gasteiger charge is 2.14. The van der Waals surface area contributed by atoms with Crippen LogP contribution in [0.4, 0.5) is 0 Å². The summed E-state index contributed by atoms with van der Waals surface area (Å²) in [5, 5.41) is 1.04. The Labute approximate surface area is 142 Å². The molecular weight excluding hydrogens is 298 g/mol. The third-order valence-electron chi connectivity index (χ3n) is 3.98. The molecule has 0 aliphatic carbocycles. The first-order chi connectivity index (χ1) is 11.5. The predicted octanol–water partition coefficient (Wildman–Crippen LogP) is 5.04. The first kappa shape index (κ1) is 16.3. The summed E-state index contributed by atoms with van der Waals surface area (Å²) in [5.74, 6) is 0.791. The van der Waals surface area contributed by atoms with E-state index in [0.717, 1.165) is 27.8 Å². The van der Waals surface area contributed by atoms with E-state index in [4.69, 9.17) is 4.74 Å². The van der Waals surface area contributed by atoms with Crippen LogP contribution in [0.3, 0.4) is 0 Å². The number of fused-ring (bicyclic) bond motifs is 1. The van der Waals surface area contributed by atoms with Crippen LogP contribution in [0, 0.1) is 0 Å². The minimum Gasteiger partial charge on any atom is -0.491 e. The van der Waals surface area contributed by atoms with Crippen molar-refractivity contribution in [3.63, 3.8) is 0 Å². The highest BCUT2D eigenvalue weighted by molar-refractivity contribution is 5.85. The summed E-state index contributed by atoms with van der Waals surface area (Å²) in [5.41, 5.74) is 2.62. The van der Waals surface area contributed by atoms with Crippen molar-refractivity contribution in [3.05, 3.63) is 65.0 Å². The summed E-state index contributed by atoms with van der Waals surface area (Å²) in [6, 6.07) is 17.8. The van der Waals surface area contributed by atoms with Crippen LogP contribution in [-0.2, 0) is 0 Å². The molecular formula is C21H23NO2. The molecule has 3 aromatic rings. The molecule has 0 spiro atoms. The van der Waals surface area contributed by atoms with E-state index in [9.17, 15) is 4.79 Å². The summed E-state index contributed by atoms with van der Waals surface area (Å²) < 4.78 is 7.65. The Morgan fingerprint density at radius 2 is 1.62 bits per heavy atom. The lowest BCUT2D eigenvalue weighted by atomic mass is 10.0. The van der Waals surface area contributed by atoms with E-state index in [1.54, 1.807) is 0 Å². The molecule has 3 rings (SSSR count). The van der Waals surface area contributed by atoms with E-state index in [2.05, 4.69) is 0 Å². The van der Waals surface area contributed by atoms with Gasteiger partial charge in [0.25, 0.3) is 5.56 Å². The third kappa shape index (κ3) is 3.07. The summed E-state index contributed by atoms with van der Waals surface area (Å²) in [4.78, 5) is 13.1. The summed E-state index contributed by atoms with van der Waals surface area (Å²) in [6.45, 7) is 8.06. The number of aromatic nitrogens is 1. The van der Waals surface area contributed by atoms with Crippen molar-refractivity contribution in [1.82, 2.24) is 4.57 Å². The van der Waals surface area contributed by atoms with Crippen LogP contribution in [-0.4, -0.2) is 10.7 Å². The topological polar surface area (TPSA) is 31.2 Å². The van der Waals surface area contributed by atoms with Gasteiger partial charge in [0.15, 0.2) is 0 Å². The van der Waals surface area contributed by atoms with Gasteiger partial charge in [0.05, 0.1) is 11.6 Å². The number of benzene rings is 2. The molecule has 0 N–H and O–H groups in total. The molecule has 0 aliphatic rings. The van der Waals surface area contributed by atoms with Crippen LogP contribution in [0.25, 0.3) is 22.0 Å². The average Bonchev–Trinajstić information content (AvgIpc) is 2.54. The highest BCUT2D eigenvalue weighted by Crippen LogP contribution is 2.26. The van der Waals surface area contributed by atoms with Crippen LogP contribution in [0.1, 0.15) is 33.7 Å². The van der Waals surface area contributed by atoms with Gasteiger partial charge in [-0.3, -0.25) is 4.79 Å². The monoisotopic (exact) mass is 321 g/mol. The summed E-state index contributed by atoms with van der Waals surface area (Å²) >= 11 is 0. The maximum Gasteiger partial charge on any atom is 0.259 e. The van der Waals surface area contributed by atoms with Gasteiger partial charge < -0.3 is 9.30 Å². The quantitative estimate of drug-likeness (QED) is 0.674. The van der Waals surface area contributed by atoms with E-state index >= 15 is 0 Å². The van der Waals surface area contributed by atoms with Gasteiger partial charge in [0, 0.05) is 17.7 Å². The molecule has 124 valence electrons. The van der Waals surface area contributed by atoms with Crippen molar-refractivity contribution in [3.8, 4) is 16.9 Å². The van der Waals surface area contributed by atoms with Crippen molar-refractivity contribution in [2.45, 2.75) is 39.8 Å². The molecule has 0 atom stereocenters. The molecule has 3 nitrogen and oxygen atoms in total. The van der Waals surface area contributed by atoms with Gasteiger partial charge >= 0.3 is 0 Å². The smallest absolute Gasteiger partial charge is 0.259 e. The minimum atomic E-state index is 0.0328. The van der Waals surface area contributed by atoms with Crippen molar-refractivity contribution >= 4 is 10.9 Å². The number of pyridine rings is 1. The Morgan fingerprint density at radius 1 is 0.917 bits per heavy atom. The van der Waals surface area contributed by atoms with E-state index in [1.165, 1.54) is 0 Å². The molecule has 24 heavy (non-hydrogen) atoms. The van der Waals surface area contributed by atoms with Gasteiger partial charge in [-0.2, -0.15) is 0 Å². The van der Waals surface area contributed by atoms with Gasteiger partial charge in [0.1, 0.15) is 5.75 Å². The van der Waals surface area contributed by atoms with Crippen LogP contribution in [0.15, 0.2) is 59.4 Å². The van der Waals surface area contributed by atoms with Gasteiger partial charge in [-0.25, -0.2) is 0 Å². The number of hydrogen-bond donors (Lipinski definition) is 0. The molecule has 0 aliphatic heterocycles. The Kier molecular flexibility index (Phi) is 4.43. The predicted molar refractivity (Wildman–Crippen MR) is 99.8 cm³/mol. The minimum absolute atomic E-state index is 0.0328. The first-order valence-electron chi connectivity index (χ1n) is 8.38. The SMILES string of the molecule is CC(C)Oc1ccc2cc(-c3ccccc3)c(=O)n(C(C)C)c2c1. The molecule has 0 amide bonds. The van der Waals surface area contributed by atoms with Crippen molar-refractivity contribution in [2.75, 3.05) is 0 Å². The fraction of sp³-hybridized carbons (Fsp3) is 0.286. The maximum absolute atomic E-state index is 13.1. The number of nitrogens with zero attached hydrogens (tertiary/aromatic N) is 1. The second-order valence-electron chi connectivity index (χ2n) is 6.58. The number of ether oxygens (including phenoxy) is 1. The van der Waals surface area contributed by atoms with Crippen LogP contribution < -0.4 is 10.3 Å². The van der Waals surface area contributed by atoms with Gasteiger partial charge in [0.2, 0.25) is 0 Å². The molecule has 0 fully saturated rings. The normalized spacial score (nSPS) is 11.4. The molecule has 2 aromatic carbocycles. The molecule has 0 radical (unpaired) electrons. The zero-order valence-corrected chi connectivity index (χ0v) is 14.6. The van der Waals surface area contributed by atoms with Crippen molar-refractivity contribution in [2.24, 2.45) is 0 Å². The van der Waals surface area contributed by atoms with Gasteiger partial charge in [-0.1, -0.05) is 30.3 Å². The van der Waals surface area contributed by atoms with Crippen molar-refractivity contribution < 1.29 is 4.74 Å². The van der Waals surface area contributed by atoms with E-state index in [0.29, 0.717) is 0 Å². The third-order valence-corrected chi connectivity index (χ3v) is 3.98. The molecule has 1 heterocycles. The van der Waals surface area contributed by atoms with Crippen molar-refractivity contribution in [1.29, 1.82) is 0 Å². The Morgan fingerprint density at radius 3 is 2.25 bits per heavy atom. The fourth-order valence-corrected chi connectivity index (χ4v) is 2.99. The zero-order chi connectivity index (χ0) is 17.3. The van der Waals surface area contributed by atoms with E-state index < -0.39 is 0 Å². The lowest BCUT2D eigenvalue weighted by Crippen LogP contribution is -2.24. The number of rotatable bonds is 4. The van der Waals surface area contributed by atoms with Crippen LogP contribution in [0.2, 0.25) is 0 Å². The first-order valence-corrected chi connectivity index (χ1v) is 8.38. The van der Waals surface area contributed by atoms with Gasteiger partial charge in [-0.05, 0) is 56.8 Å².